The number of rotatable bonds is 5. The second kappa shape index (κ2) is 9.78. The average molecular weight is 434 g/mol. The fourth-order valence-electron chi connectivity index (χ4n) is 3.45. The summed E-state index contributed by atoms with van der Waals surface area (Å²) in [6.07, 6.45) is 3.52. The van der Waals surface area contributed by atoms with E-state index in [9.17, 15) is 13.2 Å². The van der Waals surface area contributed by atoms with E-state index in [1.165, 1.54) is 12.1 Å². The number of piperidine rings is 1. The Hall–Kier alpha value is -1.55. The minimum atomic E-state index is -3.88. The first-order chi connectivity index (χ1) is 12.9. The van der Waals surface area contributed by atoms with E-state index in [-0.39, 0.29) is 29.3 Å². The molecule has 1 amide bonds. The molecule has 1 saturated heterocycles. The average Bonchev–Trinajstić information content (AvgIpc) is 2.91. The zero-order chi connectivity index (χ0) is 19.4. The van der Waals surface area contributed by atoms with Crippen molar-refractivity contribution in [3.05, 3.63) is 18.2 Å². The standard InChI is InChI=1S/C18H27N3O5S.ClH/c1-13(18(22)21-8-3-2-5-14(21)12-19)20-27(23,24)15-6-7-16-17(11-15)26-10-4-9-25-16;/h6-7,11,13-14,20H,2-5,8-10,12,19H2,1H3;1H. The predicted octanol–water partition coefficient (Wildman–Crippen LogP) is 1.28. The normalized spacial score (nSPS) is 20.6. The van der Waals surface area contributed by atoms with Crippen molar-refractivity contribution >= 4 is 28.3 Å². The number of ether oxygens (including phenoxy) is 2. The van der Waals surface area contributed by atoms with E-state index in [1.807, 2.05) is 0 Å². The summed E-state index contributed by atoms with van der Waals surface area (Å²) in [5.74, 6) is 0.673. The number of hydrogen-bond donors (Lipinski definition) is 2. The van der Waals surface area contributed by atoms with Gasteiger partial charge in [-0.2, -0.15) is 4.72 Å². The lowest BCUT2D eigenvalue weighted by molar-refractivity contribution is -0.136. The van der Waals surface area contributed by atoms with E-state index >= 15 is 0 Å². The topological polar surface area (TPSA) is 111 Å². The van der Waals surface area contributed by atoms with Gasteiger partial charge in [-0.25, -0.2) is 8.42 Å². The molecule has 0 bridgehead atoms. The first kappa shape index (κ1) is 22.7. The largest absolute Gasteiger partial charge is 0.490 e. The highest BCUT2D eigenvalue weighted by Crippen LogP contribution is 2.32. The Morgan fingerprint density at radius 1 is 1.25 bits per heavy atom. The van der Waals surface area contributed by atoms with Gasteiger partial charge in [-0.1, -0.05) is 0 Å². The van der Waals surface area contributed by atoms with Crippen LogP contribution in [0.1, 0.15) is 32.6 Å². The monoisotopic (exact) mass is 433 g/mol. The Morgan fingerprint density at radius 2 is 1.96 bits per heavy atom. The molecule has 2 atom stereocenters. The molecule has 0 aromatic heterocycles. The zero-order valence-electron chi connectivity index (χ0n) is 15.9. The summed E-state index contributed by atoms with van der Waals surface area (Å²) in [6, 6.07) is 3.56. The van der Waals surface area contributed by atoms with Crippen molar-refractivity contribution in [2.24, 2.45) is 5.73 Å². The smallest absolute Gasteiger partial charge is 0.241 e. The number of likely N-dealkylation sites (tertiary alicyclic amines) is 1. The van der Waals surface area contributed by atoms with Gasteiger partial charge < -0.3 is 20.1 Å². The highest BCUT2D eigenvalue weighted by Gasteiger charge is 2.31. The van der Waals surface area contributed by atoms with Crippen molar-refractivity contribution in [2.75, 3.05) is 26.3 Å². The summed E-state index contributed by atoms with van der Waals surface area (Å²) in [5.41, 5.74) is 5.77. The van der Waals surface area contributed by atoms with Gasteiger partial charge in [-0.3, -0.25) is 4.79 Å². The summed E-state index contributed by atoms with van der Waals surface area (Å²) < 4.78 is 39.1. The Labute approximate surface area is 172 Å². The highest BCUT2D eigenvalue weighted by molar-refractivity contribution is 7.89. The van der Waals surface area contributed by atoms with Crippen molar-refractivity contribution in [2.45, 2.75) is 49.6 Å². The maximum absolute atomic E-state index is 12.8. The van der Waals surface area contributed by atoms with Crippen molar-refractivity contribution in [3.8, 4) is 11.5 Å². The molecule has 1 fully saturated rings. The van der Waals surface area contributed by atoms with Gasteiger partial charge in [0.1, 0.15) is 0 Å². The second-order valence-electron chi connectivity index (χ2n) is 6.92. The van der Waals surface area contributed by atoms with Crippen molar-refractivity contribution in [1.82, 2.24) is 9.62 Å². The van der Waals surface area contributed by atoms with Crippen LogP contribution in [0.4, 0.5) is 0 Å². The lowest BCUT2D eigenvalue weighted by atomic mass is 10.0. The molecule has 8 nitrogen and oxygen atoms in total. The van der Waals surface area contributed by atoms with E-state index < -0.39 is 16.1 Å². The molecule has 158 valence electrons. The van der Waals surface area contributed by atoms with Crippen LogP contribution in [0.2, 0.25) is 0 Å². The van der Waals surface area contributed by atoms with Gasteiger partial charge in [0.25, 0.3) is 0 Å². The van der Waals surface area contributed by atoms with Gasteiger partial charge in [0.2, 0.25) is 15.9 Å². The lowest BCUT2D eigenvalue weighted by Gasteiger charge is -2.36. The van der Waals surface area contributed by atoms with Crippen molar-refractivity contribution < 1.29 is 22.7 Å². The first-order valence-electron chi connectivity index (χ1n) is 9.35. The van der Waals surface area contributed by atoms with E-state index in [0.29, 0.717) is 37.8 Å². The number of hydrogen-bond acceptors (Lipinski definition) is 6. The van der Waals surface area contributed by atoms with Crippen LogP contribution < -0.4 is 19.9 Å². The fourth-order valence-corrected chi connectivity index (χ4v) is 4.66. The van der Waals surface area contributed by atoms with E-state index in [0.717, 1.165) is 25.7 Å². The van der Waals surface area contributed by atoms with Crippen LogP contribution in [0.3, 0.4) is 0 Å². The van der Waals surface area contributed by atoms with Crippen LogP contribution in [-0.4, -0.2) is 57.6 Å². The zero-order valence-corrected chi connectivity index (χ0v) is 17.6. The fraction of sp³-hybridized carbons (Fsp3) is 0.611. The number of sulfonamides is 1. The Kier molecular flexibility index (Phi) is 7.94. The molecule has 3 rings (SSSR count). The number of carbonyl (C=O) groups is 1. The molecule has 2 unspecified atom stereocenters. The van der Waals surface area contributed by atoms with Crippen LogP contribution in [0.5, 0.6) is 11.5 Å². The molecule has 2 aliphatic heterocycles. The van der Waals surface area contributed by atoms with E-state index in [2.05, 4.69) is 4.72 Å². The van der Waals surface area contributed by atoms with Gasteiger partial charge in [-0.05, 0) is 38.3 Å². The molecule has 1 aromatic rings. The first-order valence-corrected chi connectivity index (χ1v) is 10.8. The van der Waals surface area contributed by atoms with Gasteiger partial charge in [0, 0.05) is 31.6 Å². The highest BCUT2D eigenvalue weighted by atomic mass is 35.5. The van der Waals surface area contributed by atoms with Crippen LogP contribution >= 0.6 is 12.4 Å². The summed E-state index contributed by atoms with van der Waals surface area (Å²) >= 11 is 0. The Balaban J connectivity index is 0.00000280. The number of carbonyl (C=O) groups excluding carboxylic acids is 1. The molecule has 2 heterocycles. The maximum Gasteiger partial charge on any atom is 0.241 e. The van der Waals surface area contributed by atoms with Gasteiger partial charge in [0.15, 0.2) is 11.5 Å². The quantitative estimate of drug-likeness (QED) is 0.723. The molecular weight excluding hydrogens is 406 g/mol. The van der Waals surface area contributed by atoms with Crippen LogP contribution in [0, 0.1) is 0 Å². The summed E-state index contributed by atoms with van der Waals surface area (Å²) in [6.45, 7) is 3.55. The number of nitrogens with zero attached hydrogens (tertiary/aromatic N) is 1. The molecule has 1 aromatic carbocycles. The van der Waals surface area contributed by atoms with Gasteiger partial charge in [0.05, 0.1) is 24.2 Å². The van der Waals surface area contributed by atoms with Gasteiger partial charge >= 0.3 is 0 Å². The lowest BCUT2D eigenvalue weighted by Crippen LogP contribution is -2.54. The molecule has 28 heavy (non-hydrogen) atoms. The molecule has 0 spiro atoms. The number of fused-ring (bicyclic) bond motifs is 1. The summed E-state index contributed by atoms with van der Waals surface area (Å²) in [4.78, 5) is 14.5. The third kappa shape index (κ3) is 5.08. The third-order valence-electron chi connectivity index (χ3n) is 4.91. The molecular formula is C18H28ClN3O5S. The van der Waals surface area contributed by atoms with Crippen molar-refractivity contribution in [1.29, 1.82) is 0 Å². The number of nitrogens with one attached hydrogen (secondary N) is 1. The van der Waals surface area contributed by atoms with Crippen LogP contribution in [-0.2, 0) is 14.8 Å². The predicted molar refractivity (Wildman–Crippen MR) is 107 cm³/mol. The van der Waals surface area contributed by atoms with E-state index in [1.54, 1.807) is 17.9 Å². The van der Waals surface area contributed by atoms with Crippen LogP contribution in [0.15, 0.2) is 23.1 Å². The Morgan fingerprint density at radius 3 is 2.68 bits per heavy atom. The number of nitrogens with two attached hydrogens (primary N) is 1. The van der Waals surface area contributed by atoms with Crippen molar-refractivity contribution in [3.63, 3.8) is 0 Å². The third-order valence-corrected chi connectivity index (χ3v) is 6.45. The minimum Gasteiger partial charge on any atom is -0.490 e. The molecule has 3 N–H and O–H groups in total. The molecule has 0 aliphatic carbocycles. The molecule has 0 saturated carbocycles. The Bertz CT molecular complexity index is 789. The maximum atomic E-state index is 12.8. The van der Waals surface area contributed by atoms with E-state index in [4.69, 9.17) is 15.2 Å². The van der Waals surface area contributed by atoms with Gasteiger partial charge in [-0.15, -0.1) is 12.4 Å². The minimum absolute atomic E-state index is 0. The SMILES string of the molecule is CC(NS(=O)(=O)c1ccc2c(c1)OCCCO2)C(=O)N1CCCCC1CN.Cl. The summed E-state index contributed by atoms with van der Waals surface area (Å²) in [7, 11) is -3.88. The molecule has 0 radical (unpaired) electrons. The number of halogens is 1. The second-order valence-corrected chi connectivity index (χ2v) is 8.63. The molecule has 2 aliphatic rings. The molecule has 10 heteroatoms. The summed E-state index contributed by atoms with van der Waals surface area (Å²) in [5, 5.41) is 0. The number of benzene rings is 1. The number of amides is 1. The van der Waals surface area contributed by atoms with Crippen LogP contribution in [0.25, 0.3) is 0 Å².